The number of quaternary nitrogens is 1. The van der Waals surface area contributed by atoms with Crippen LogP contribution in [0.1, 0.15) is 252 Å². The second kappa shape index (κ2) is 51.0. The number of nitrogens with zero attached hydrogens (tertiary/aromatic N) is 1. The van der Waals surface area contributed by atoms with Crippen LogP contribution in [0.3, 0.4) is 0 Å². The number of esters is 1. The number of phosphoric acid groups is 1. The van der Waals surface area contributed by atoms with Crippen LogP contribution in [-0.2, 0) is 27.9 Å². The summed E-state index contributed by atoms with van der Waals surface area (Å²) in [5.41, 5.74) is 0. The van der Waals surface area contributed by atoms with Crippen molar-refractivity contribution in [2.24, 2.45) is 0 Å². The Kier molecular flexibility index (Phi) is 49.1. The third kappa shape index (κ3) is 52.1. The lowest BCUT2D eigenvalue weighted by molar-refractivity contribution is -0.870. The predicted molar refractivity (Wildman–Crippen MR) is 305 cm³/mol. The molecule has 0 bridgehead atoms. The van der Waals surface area contributed by atoms with E-state index >= 15 is 0 Å². The van der Waals surface area contributed by atoms with Crippen LogP contribution < -0.4 is 5.32 Å². The zero-order chi connectivity index (χ0) is 52.2. The number of rotatable bonds is 52. The molecular weight excluding hydrogens is 904 g/mol. The number of allylic oxidation sites excluding steroid dienone is 11. The molecule has 2 N–H and O–H groups in total. The zero-order valence-electron chi connectivity index (χ0n) is 47.0. The Hall–Kier alpha value is -2.55. The van der Waals surface area contributed by atoms with Crippen molar-refractivity contribution >= 4 is 19.7 Å². The van der Waals surface area contributed by atoms with E-state index in [2.05, 4.69) is 86.8 Å². The molecule has 0 heterocycles. The van der Waals surface area contributed by atoms with Gasteiger partial charge in [-0.2, -0.15) is 0 Å². The molecule has 0 aromatic carbocycles. The molecule has 1 amide bonds. The Morgan fingerprint density at radius 1 is 0.493 bits per heavy atom. The first-order chi connectivity index (χ1) is 34.4. The van der Waals surface area contributed by atoms with E-state index in [-0.39, 0.29) is 31.5 Å². The first-order valence-electron chi connectivity index (χ1n) is 29.3. The Bertz CT molecular complexity index is 1450. The summed E-state index contributed by atoms with van der Waals surface area (Å²) in [5.74, 6) is -0.576. The van der Waals surface area contributed by atoms with E-state index in [1.54, 1.807) is 0 Å². The number of unbranched alkanes of at least 4 members (excludes halogenated alkanes) is 26. The standard InChI is InChI=1S/C61H111N2O7P/c1-7-10-13-16-19-22-25-28-30-31-33-36-39-42-45-48-51-54-61(65)70-59(52-49-46-43-40-37-34-27-24-21-18-15-12-9-3)58(57-69-71(66,67)68-56-55-63(4,5)6)62-60(64)53-50-47-44-41-38-35-32-29-26-23-20-17-14-11-8-2/h19,22-23,26,28,30,33,36,42,45,49,52,58-59H,7-18,20-21,24-25,27,29,31-32,34-35,37-41,43-44,46-48,50-51,53-57H2,1-6H3,(H-,62,64,66,67)/p+1/b22-19-,26-23-,30-28-,36-33-,45-42-,52-49+. The first-order valence-corrected chi connectivity index (χ1v) is 30.8. The van der Waals surface area contributed by atoms with E-state index in [0.717, 1.165) is 77.0 Å². The molecule has 0 saturated heterocycles. The molecule has 0 saturated carbocycles. The quantitative estimate of drug-likeness (QED) is 0.0205. The van der Waals surface area contributed by atoms with Crippen LogP contribution in [0, 0.1) is 0 Å². The topological polar surface area (TPSA) is 111 Å². The van der Waals surface area contributed by atoms with Gasteiger partial charge in [-0.1, -0.05) is 216 Å². The molecule has 0 radical (unpaired) electrons. The van der Waals surface area contributed by atoms with Crippen molar-refractivity contribution in [3.63, 3.8) is 0 Å². The highest BCUT2D eigenvalue weighted by molar-refractivity contribution is 7.47. The molecule has 0 aromatic heterocycles. The van der Waals surface area contributed by atoms with Gasteiger partial charge in [-0.05, 0) is 96.0 Å². The molecule has 0 aliphatic heterocycles. The average Bonchev–Trinajstić information content (AvgIpc) is 3.33. The molecule has 0 fully saturated rings. The molecule has 0 rings (SSSR count). The molecular formula is C61H112N2O7P+. The van der Waals surface area contributed by atoms with Crippen LogP contribution in [0.25, 0.3) is 0 Å². The van der Waals surface area contributed by atoms with Gasteiger partial charge in [0.15, 0.2) is 0 Å². The van der Waals surface area contributed by atoms with Crippen molar-refractivity contribution in [1.29, 1.82) is 0 Å². The number of hydrogen-bond acceptors (Lipinski definition) is 6. The summed E-state index contributed by atoms with van der Waals surface area (Å²) in [7, 11) is 1.46. The lowest BCUT2D eigenvalue weighted by atomic mass is 10.0. The molecule has 0 spiro atoms. The summed E-state index contributed by atoms with van der Waals surface area (Å²) < 4.78 is 30.6. The summed E-state index contributed by atoms with van der Waals surface area (Å²) in [5, 5.41) is 3.03. The minimum atomic E-state index is -4.46. The maximum atomic E-state index is 13.5. The second-order valence-electron chi connectivity index (χ2n) is 20.8. The highest BCUT2D eigenvalue weighted by Gasteiger charge is 2.30. The Labute approximate surface area is 438 Å². The average molecular weight is 1020 g/mol. The van der Waals surface area contributed by atoms with Gasteiger partial charge in [-0.3, -0.25) is 18.6 Å². The summed E-state index contributed by atoms with van der Waals surface area (Å²) in [6.07, 6.45) is 64.7. The largest absolute Gasteiger partial charge is 0.472 e. The zero-order valence-corrected chi connectivity index (χ0v) is 47.8. The van der Waals surface area contributed by atoms with Gasteiger partial charge in [0, 0.05) is 12.8 Å². The Morgan fingerprint density at radius 2 is 0.873 bits per heavy atom. The van der Waals surface area contributed by atoms with Crippen molar-refractivity contribution in [2.45, 2.75) is 264 Å². The fraction of sp³-hybridized carbons (Fsp3) is 0.770. The molecule has 9 nitrogen and oxygen atoms in total. The van der Waals surface area contributed by atoms with Gasteiger partial charge in [0.05, 0.1) is 33.8 Å². The lowest BCUT2D eigenvalue weighted by Crippen LogP contribution is -2.47. The summed E-state index contributed by atoms with van der Waals surface area (Å²) in [6, 6.07) is -0.874. The van der Waals surface area contributed by atoms with Crippen molar-refractivity contribution in [3.8, 4) is 0 Å². The van der Waals surface area contributed by atoms with Crippen LogP contribution in [0.5, 0.6) is 0 Å². The van der Waals surface area contributed by atoms with Crippen molar-refractivity contribution in [1.82, 2.24) is 5.32 Å². The molecule has 3 atom stereocenters. The van der Waals surface area contributed by atoms with Crippen LogP contribution >= 0.6 is 7.82 Å². The molecule has 0 aliphatic carbocycles. The third-order valence-corrected chi connectivity index (χ3v) is 13.6. The van der Waals surface area contributed by atoms with E-state index < -0.39 is 20.0 Å². The Morgan fingerprint density at radius 3 is 1.37 bits per heavy atom. The number of phosphoric ester groups is 1. The highest BCUT2D eigenvalue weighted by atomic mass is 31.2. The van der Waals surface area contributed by atoms with E-state index in [9.17, 15) is 19.0 Å². The smallest absolute Gasteiger partial charge is 0.456 e. The number of likely N-dealkylation sites (N-methyl/N-ethyl adjacent to an activating group) is 1. The van der Waals surface area contributed by atoms with Crippen LogP contribution in [-0.4, -0.2) is 74.3 Å². The molecule has 3 unspecified atom stereocenters. The van der Waals surface area contributed by atoms with Gasteiger partial charge in [0.1, 0.15) is 19.3 Å². The minimum absolute atomic E-state index is 0.0290. The van der Waals surface area contributed by atoms with E-state index in [0.29, 0.717) is 23.9 Å². The minimum Gasteiger partial charge on any atom is -0.456 e. The Balaban J connectivity index is 5.46. The number of hydrogen-bond donors (Lipinski definition) is 2. The predicted octanol–water partition coefficient (Wildman–Crippen LogP) is 17.7. The van der Waals surface area contributed by atoms with Crippen LogP contribution in [0.4, 0.5) is 0 Å². The highest BCUT2D eigenvalue weighted by Crippen LogP contribution is 2.43. The number of amides is 1. The summed E-state index contributed by atoms with van der Waals surface area (Å²) in [6.45, 7) is 6.93. The maximum Gasteiger partial charge on any atom is 0.472 e. The lowest BCUT2D eigenvalue weighted by Gasteiger charge is -2.27. The van der Waals surface area contributed by atoms with Crippen LogP contribution in [0.2, 0.25) is 0 Å². The molecule has 0 aliphatic rings. The third-order valence-electron chi connectivity index (χ3n) is 12.6. The fourth-order valence-corrected chi connectivity index (χ4v) is 8.78. The number of carbonyl (C=O) groups excluding carboxylic acids is 2. The van der Waals surface area contributed by atoms with Crippen molar-refractivity contribution < 1.29 is 37.3 Å². The molecule has 10 heteroatoms. The van der Waals surface area contributed by atoms with Gasteiger partial charge in [-0.25, -0.2) is 4.57 Å². The summed E-state index contributed by atoms with van der Waals surface area (Å²) in [4.78, 5) is 37.6. The number of nitrogens with one attached hydrogen (secondary N) is 1. The van der Waals surface area contributed by atoms with Gasteiger partial charge < -0.3 is 19.4 Å². The van der Waals surface area contributed by atoms with E-state index in [1.165, 1.54) is 135 Å². The van der Waals surface area contributed by atoms with Gasteiger partial charge in [-0.15, -0.1) is 0 Å². The monoisotopic (exact) mass is 1020 g/mol. The number of ether oxygens (including phenoxy) is 1. The van der Waals surface area contributed by atoms with Gasteiger partial charge in [0.2, 0.25) is 5.91 Å². The van der Waals surface area contributed by atoms with E-state index in [1.807, 2.05) is 33.3 Å². The fourth-order valence-electron chi connectivity index (χ4n) is 8.04. The van der Waals surface area contributed by atoms with E-state index in [4.69, 9.17) is 13.8 Å². The normalized spacial score (nSPS) is 14.3. The van der Waals surface area contributed by atoms with Crippen LogP contribution in [0.15, 0.2) is 72.9 Å². The molecule has 71 heavy (non-hydrogen) atoms. The SMILES string of the molecule is CCCCC/C=C\C/C=C\C/C=C\C/C=C\CCCC(=O)OC(/C=C/CCCCCCCCCCCCC)C(COP(=O)(O)OCC[N+](C)(C)C)NC(=O)CCCCCCCCC/C=C\CCCCCC. The van der Waals surface area contributed by atoms with Gasteiger partial charge >= 0.3 is 13.8 Å². The molecule has 0 aromatic rings. The van der Waals surface area contributed by atoms with Crippen molar-refractivity contribution in [2.75, 3.05) is 40.9 Å². The summed E-state index contributed by atoms with van der Waals surface area (Å²) >= 11 is 0. The van der Waals surface area contributed by atoms with Crippen molar-refractivity contribution in [3.05, 3.63) is 72.9 Å². The second-order valence-corrected chi connectivity index (χ2v) is 22.3. The first kappa shape index (κ1) is 68.5. The maximum absolute atomic E-state index is 13.5. The van der Waals surface area contributed by atoms with Gasteiger partial charge in [0.25, 0.3) is 0 Å². The molecule has 412 valence electrons. The number of carbonyl (C=O) groups is 2.